The average Bonchev–Trinajstić information content (AvgIpc) is 3.09. The van der Waals surface area contributed by atoms with Crippen LogP contribution >= 0.6 is 0 Å². The summed E-state index contributed by atoms with van der Waals surface area (Å²) >= 11 is 0. The van der Waals surface area contributed by atoms with E-state index in [0.717, 1.165) is 43.8 Å². The number of amides is 1. The van der Waals surface area contributed by atoms with Crippen LogP contribution in [0.5, 0.6) is 0 Å². The zero-order valence-corrected chi connectivity index (χ0v) is 14.2. The van der Waals surface area contributed by atoms with Crippen molar-refractivity contribution in [3.8, 4) is 11.1 Å². The van der Waals surface area contributed by atoms with Gasteiger partial charge in [0.1, 0.15) is 6.26 Å². The van der Waals surface area contributed by atoms with Gasteiger partial charge in [-0.05, 0) is 30.0 Å². The molecule has 0 saturated carbocycles. The minimum absolute atomic E-state index is 0.204. The quantitative estimate of drug-likeness (QED) is 0.879. The van der Waals surface area contributed by atoms with Crippen LogP contribution in [0.3, 0.4) is 0 Å². The minimum atomic E-state index is -0.204. The molecule has 3 rings (SSSR count). The Morgan fingerprint density at radius 2 is 2.29 bits per heavy atom. The Labute approximate surface area is 141 Å². The van der Waals surface area contributed by atoms with Crippen LogP contribution < -0.4 is 5.32 Å². The number of hydrogen-bond acceptors (Lipinski definition) is 5. The van der Waals surface area contributed by atoms with Gasteiger partial charge in [-0.25, -0.2) is 0 Å². The Bertz CT molecular complexity index is 711. The lowest BCUT2D eigenvalue weighted by Crippen LogP contribution is -2.33. The van der Waals surface area contributed by atoms with Crippen molar-refractivity contribution in [2.45, 2.75) is 19.9 Å². The summed E-state index contributed by atoms with van der Waals surface area (Å²) in [7, 11) is 1.73. The molecule has 1 N–H and O–H groups in total. The van der Waals surface area contributed by atoms with E-state index in [9.17, 15) is 4.79 Å². The van der Waals surface area contributed by atoms with Crippen LogP contribution in [0.25, 0.3) is 11.1 Å². The topological polar surface area (TPSA) is 67.6 Å². The molecule has 1 aliphatic rings. The van der Waals surface area contributed by atoms with Crippen molar-refractivity contribution in [2.75, 3.05) is 33.4 Å². The molecule has 2 aromatic rings. The molecule has 1 aliphatic heterocycles. The minimum Gasteiger partial charge on any atom is -0.383 e. The van der Waals surface area contributed by atoms with E-state index in [-0.39, 0.29) is 5.91 Å². The van der Waals surface area contributed by atoms with Crippen LogP contribution in [0.2, 0.25) is 0 Å². The van der Waals surface area contributed by atoms with Crippen molar-refractivity contribution < 1.29 is 14.1 Å². The van der Waals surface area contributed by atoms with Gasteiger partial charge < -0.3 is 14.6 Å². The zero-order valence-electron chi connectivity index (χ0n) is 14.2. The lowest BCUT2D eigenvalue weighted by Gasteiger charge is -2.28. The molecular formula is C18H23N3O3. The Hall–Kier alpha value is -2.18. The van der Waals surface area contributed by atoms with Crippen LogP contribution in [0.1, 0.15) is 28.5 Å². The first-order valence-electron chi connectivity index (χ1n) is 8.29. The lowest BCUT2D eigenvalue weighted by atomic mass is 9.94. The zero-order chi connectivity index (χ0) is 16.9. The number of fused-ring (bicyclic) bond motifs is 1. The molecule has 1 aromatic heterocycles. The third-order valence-electron chi connectivity index (χ3n) is 4.34. The number of rotatable bonds is 6. The highest BCUT2D eigenvalue weighted by atomic mass is 16.5. The van der Waals surface area contributed by atoms with Gasteiger partial charge >= 0.3 is 0 Å². The summed E-state index contributed by atoms with van der Waals surface area (Å²) < 4.78 is 10.2. The molecule has 0 atom stereocenters. The smallest absolute Gasteiger partial charge is 0.274 e. The molecule has 0 fully saturated rings. The van der Waals surface area contributed by atoms with E-state index >= 15 is 0 Å². The van der Waals surface area contributed by atoms with E-state index in [1.807, 2.05) is 13.0 Å². The molecule has 0 spiro atoms. The highest BCUT2D eigenvalue weighted by molar-refractivity contribution is 5.98. The first kappa shape index (κ1) is 16.7. The molecule has 0 saturated heterocycles. The summed E-state index contributed by atoms with van der Waals surface area (Å²) in [5, 5.41) is 6.63. The fourth-order valence-corrected chi connectivity index (χ4v) is 3.04. The summed E-state index contributed by atoms with van der Waals surface area (Å²) in [5.74, 6) is -0.204. The van der Waals surface area contributed by atoms with Crippen molar-refractivity contribution >= 4 is 5.91 Å². The summed E-state index contributed by atoms with van der Waals surface area (Å²) in [6, 6.07) is 6.32. The molecule has 0 unspecified atom stereocenters. The predicted octanol–water partition coefficient (Wildman–Crippen LogP) is 2.10. The third kappa shape index (κ3) is 3.49. The van der Waals surface area contributed by atoms with E-state index in [0.29, 0.717) is 12.2 Å². The van der Waals surface area contributed by atoms with E-state index in [1.54, 1.807) is 13.4 Å². The van der Waals surface area contributed by atoms with Crippen molar-refractivity contribution in [2.24, 2.45) is 0 Å². The van der Waals surface area contributed by atoms with Crippen molar-refractivity contribution in [3.05, 3.63) is 41.3 Å². The number of carbonyl (C=O) groups is 1. The second-order valence-corrected chi connectivity index (χ2v) is 5.94. The van der Waals surface area contributed by atoms with Crippen LogP contribution in [0.4, 0.5) is 0 Å². The van der Waals surface area contributed by atoms with Gasteiger partial charge in [0.05, 0.1) is 12.2 Å². The number of nitrogens with zero attached hydrogens (tertiary/aromatic N) is 2. The van der Waals surface area contributed by atoms with Crippen molar-refractivity contribution in [1.29, 1.82) is 0 Å². The van der Waals surface area contributed by atoms with Gasteiger partial charge in [-0.15, -0.1) is 0 Å². The highest BCUT2D eigenvalue weighted by Gasteiger charge is 2.20. The number of nitrogens with one attached hydrogen (secondary N) is 1. The van der Waals surface area contributed by atoms with Crippen molar-refractivity contribution in [1.82, 2.24) is 15.4 Å². The molecule has 1 aromatic carbocycles. The Balaban J connectivity index is 1.81. The van der Waals surface area contributed by atoms with Gasteiger partial charge in [0.2, 0.25) is 0 Å². The van der Waals surface area contributed by atoms with E-state index in [2.05, 4.69) is 27.5 Å². The number of hydrogen-bond donors (Lipinski definition) is 1. The molecule has 2 heterocycles. The highest BCUT2D eigenvalue weighted by Crippen LogP contribution is 2.28. The summed E-state index contributed by atoms with van der Waals surface area (Å²) in [6.45, 7) is 6.10. The predicted molar refractivity (Wildman–Crippen MR) is 90.8 cm³/mol. The second-order valence-electron chi connectivity index (χ2n) is 5.94. The third-order valence-corrected chi connectivity index (χ3v) is 4.34. The monoisotopic (exact) mass is 329 g/mol. The van der Waals surface area contributed by atoms with Crippen LogP contribution in [0.15, 0.2) is 29.0 Å². The van der Waals surface area contributed by atoms with E-state index in [4.69, 9.17) is 9.26 Å². The standard InChI is InChI=1S/C18H23N3O3/c1-3-19-18(22)17-16(12-24-20-17)14-4-5-15-11-21(8-9-23-2)7-6-13(15)10-14/h4-5,10,12H,3,6-9,11H2,1-2H3,(H,19,22). The molecule has 0 radical (unpaired) electrons. The van der Waals surface area contributed by atoms with Crippen molar-refractivity contribution in [3.63, 3.8) is 0 Å². The number of ether oxygens (including phenoxy) is 1. The number of benzene rings is 1. The maximum atomic E-state index is 12.1. The molecule has 1 amide bonds. The van der Waals surface area contributed by atoms with Gasteiger partial charge in [0.25, 0.3) is 5.91 Å². The largest absolute Gasteiger partial charge is 0.383 e. The first-order valence-corrected chi connectivity index (χ1v) is 8.29. The molecule has 0 bridgehead atoms. The molecular weight excluding hydrogens is 306 g/mol. The fraction of sp³-hybridized carbons (Fsp3) is 0.444. The fourth-order valence-electron chi connectivity index (χ4n) is 3.04. The molecule has 0 aliphatic carbocycles. The summed E-state index contributed by atoms with van der Waals surface area (Å²) in [5.41, 5.74) is 4.71. The Kier molecular flexibility index (Phi) is 5.27. The summed E-state index contributed by atoms with van der Waals surface area (Å²) in [4.78, 5) is 14.5. The van der Waals surface area contributed by atoms with E-state index < -0.39 is 0 Å². The summed E-state index contributed by atoms with van der Waals surface area (Å²) in [6.07, 6.45) is 2.54. The SMILES string of the molecule is CCNC(=O)c1nocc1-c1ccc2c(c1)CCN(CCOC)C2. The van der Waals surface area contributed by atoms with Gasteiger partial charge in [-0.3, -0.25) is 9.69 Å². The second kappa shape index (κ2) is 7.59. The lowest BCUT2D eigenvalue weighted by molar-refractivity contribution is 0.0947. The maximum absolute atomic E-state index is 12.1. The van der Waals surface area contributed by atoms with Crippen LogP contribution in [-0.4, -0.2) is 49.3 Å². The maximum Gasteiger partial charge on any atom is 0.274 e. The van der Waals surface area contributed by atoms with Gasteiger partial charge in [-0.1, -0.05) is 23.4 Å². The number of carbonyl (C=O) groups excluding carboxylic acids is 1. The first-order chi connectivity index (χ1) is 11.7. The number of methoxy groups -OCH3 is 1. The molecule has 128 valence electrons. The molecule has 6 heteroatoms. The number of aromatic nitrogens is 1. The van der Waals surface area contributed by atoms with Gasteiger partial charge in [0.15, 0.2) is 5.69 Å². The molecule has 6 nitrogen and oxygen atoms in total. The van der Waals surface area contributed by atoms with Gasteiger partial charge in [0, 0.05) is 33.3 Å². The normalized spacial score (nSPS) is 14.4. The average molecular weight is 329 g/mol. The Morgan fingerprint density at radius 1 is 1.42 bits per heavy atom. The van der Waals surface area contributed by atoms with E-state index in [1.165, 1.54) is 11.1 Å². The van der Waals surface area contributed by atoms with Crippen LogP contribution in [0, 0.1) is 0 Å². The Morgan fingerprint density at radius 3 is 3.08 bits per heavy atom. The molecule has 24 heavy (non-hydrogen) atoms. The van der Waals surface area contributed by atoms with Crippen LogP contribution in [-0.2, 0) is 17.7 Å². The van der Waals surface area contributed by atoms with Gasteiger partial charge in [-0.2, -0.15) is 0 Å².